The second kappa shape index (κ2) is 5.79. The number of benzene rings is 1. The third-order valence-corrected chi connectivity index (χ3v) is 7.06. The van der Waals surface area contributed by atoms with Gasteiger partial charge in [-0.05, 0) is 39.0 Å². The molecule has 2 heterocycles. The highest BCUT2D eigenvalue weighted by Crippen LogP contribution is 2.54. The van der Waals surface area contributed by atoms with Crippen molar-refractivity contribution < 1.29 is 19.5 Å². The fourth-order valence-electron chi connectivity index (χ4n) is 3.28. The molecule has 3 rings (SSSR count). The summed E-state index contributed by atoms with van der Waals surface area (Å²) in [7, 11) is 0. The molecule has 25 heavy (non-hydrogen) atoms. The van der Waals surface area contributed by atoms with Crippen LogP contribution in [-0.4, -0.2) is 49.5 Å². The van der Waals surface area contributed by atoms with Gasteiger partial charge in [-0.1, -0.05) is 23.2 Å². The lowest BCUT2D eigenvalue weighted by molar-refractivity contribution is -0.165. The van der Waals surface area contributed by atoms with Gasteiger partial charge in [0, 0.05) is 10.3 Å². The number of fused-ring (bicyclic) bond motifs is 1. The lowest BCUT2D eigenvalue weighted by Crippen LogP contribution is -2.78. The maximum absolute atomic E-state index is 12.6. The van der Waals surface area contributed by atoms with Gasteiger partial charge in [0.05, 0.1) is 10.0 Å². The van der Waals surface area contributed by atoms with Crippen LogP contribution in [0.25, 0.3) is 0 Å². The van der Waals surface area contributed by atoms with Gasteiger partial charge in [-0.3, -0.25) is 9.59 Å². The number of hydrogen-bond acceptors (Lipinski definition) is 4. The fraction of sp³-hybridized carbons (Fsp3) is 0.438. The van der Waals surface area contributed by atoms with Crippen molar-refractivity contribution in [2.24, 2.45) is 0 Å². The van der Waals surface area contributed by atoms with Crippen molar-refractivity contribution in [3.8, 4) is 0 Å². The van der Waals surface area contributed by atoms with Crippen LogP contribution in [0.1, 0.15) is 31.1 Å². The fourth-order valence-corrected chi connectivity index (χ4v) is 5.23. The molecule has 2 aliphatic rings. The summed E-state index contributed by atoms with van der Waals surface area (Å²) in [5.74, 6) is -1.92. The number of halogens is 2. The molecule has 3 atom stereocenters. The monoisotopic (exact) mass is 402 g/mol. The number of amides is 2. The van der Waals surface area contributed by atoms with Gasteiger partial charge in [0.25, 0.3) is 11.8 Å². The van der Waals surface area contributed by atoms with Gasteiger partial charge in [-0.2, -0.15) is 0 Å². The number of hydrogen-bond donors (Lipinski definition) is 2. The van der Waals surface area contributed by atoms with Crippen LogP contribution >= 0.6 is 35.0 Å². The van der Waals surface area contributed by atoms with Crippen molar-refractivity contribution in [3.63, 3.8) is 0 Å². The van der Waals surface area contributed by atoms with Gasteiger partial charge in [0.2, 0.25) is 0 Å². The number of nitrogens with zero attached hydrogens (tertiary/aromatic N) is 1. The Hall–Kier alpha value is -1.44. The Balaban J connectivity index is 1.84. The van der Waals surface area contributed by atoms with E-state index in [-0.39, 0.29) is 10.6 Å². The van der Waals surface area contributed by atoms with Gasteiger partial charge in [0.1, 0.15) is 17.0 Å². The summed E-state index contributed by atoms with van der Waals surface area (Å²) in [6.45, 7) is 5.17. The molecular formula is C16H16Cl2N2O4S. The minimum absolute atomic E-state index is 0.239. The Morgan fingerprint density at radius 2 is 1.88 bits per heavy atom. The van der Waals surface area contributed by atoms with Crippen molar-refractivity contribution in [1.29, 1.82) is 0 Å². The minimum Gasteiger partial charge on any atom is -0.480 e. The van der Waals surface area contributed by atoms with Gasteiger partial charge in [0.15, 0.2) is 0 Å². The molecule has 0 spiro atoms. The molecule has 2 fully saturated rings. The van der Waals surface area contributed by atoms with E-state index >= 15 is 0 Å². The summed E-state index contributed by atoms with van der Waals surface area (Å²) in [5.41, 5.74) is -0.895. The van der Waals surface area contributed by atoms with Crippen LogP contribution in [0.5, 0.6) is 0 Å². The molecule has 2 N–H and O–H groups in total. The number of carboxylic acid groups (broad SMARTS) is 1. The van der Waals surface area contributed by atoms with Crippen molar-refractivity contribution in [1.82, 2.24) is 10.2 Å². The SMILES string of the molecule is CC1(C)S[C@H]2N(C(=O)[C@]2(C)NC(=O)c2ccc(Cl)c(Cl)c2)[C@H]1C(=O)O. The topological polar surface area (TPSA) is 86.7 Å². The van der Waals surface area contributed by atoms with Crippen LogP contribution < -0.4 is 5.32 Å². The highest BCUT2D eigenvalue weighted by molar-refractivity contribution is 8.01. The number of β-lactam (4-membered cyclic amide) rings is 1. The zero-order valence-electron chi connectivity index (χ0n) is 13.7. The van der Waals surface area contributed by atoms with E-state index in [2.05, 4.69) is 5.32 Å². The Kier molecular flexibility index (Phi) is 4.25. The Morgan fingerprint density at radius 3 is 2.44 bits per heavy atom. The molecule has 1 aromatic carbocycles. The molecule has 0 unspecified atom stereocenters. The van der Waals surface area contributed by atoms with E-state index in [9.17, 15) is 19.5 Å². The first-order valence-electron chi connectivity index (χ1n) is 7.50. The van der Waals surface area contributed by atoms with Crippen LogP contribution in [0, 0.1) is 0 Å². The maximum Gasteiger partial charge on any atom is 0.327 e. The number of aliphatic carboxylic acids is 1. The van der Waals surface area contributed by atoms with Gasteiger partial charge in [-0.25, -0.2) is 4.79 Å². The molecule has 6 nitrogen and oxygen atoms in total. The summed E-state index contributed by atoms with van der Waals surface area (Å²) in [4.78, 5) is 38.1. The third-order valence-electron chi connectivity index (χ3n) is 4.57. The summed E-state index contributed by atoms with van der Waals surface area (Å²) in [6, 6.07) is 3.52. The van der Waals surface area contributed by atoms with E-state index in [0.29, 0.717) is 5.02 Å². The van der Waals surface area contributed by atoms with Crippen molar-refractivity contribution in [2.45, 2.75) is 42.5 Å². The second-order valence-electron chi connectivity index (χ2n) is 6.81. The Morgan fingerprint density at radius 1 is 1.24 bits per heavy atom. The van der Waals surface area contributed by atoms with Crippen molar-refractivity contribution >= 4 is 52.7 Å². The minimum atomic E-state index is -1.17. The Bertz CT molecular complexity index is 800. The number of rotatable bonds is 3. The Labute approximate surface area is 158 Å². The molecular weight excluding hydrogens is 387 g/mol. The van der Waals surface area contributed by atoms with E-state index in [1.165, 1.54) is 34.9 Å². The van der Waals surface area contributed by atoms with E-state index in [1.807, 2.05) is 0 Å². The molecule has 0 aromatic heterocycles. The molecule has 1 aromatic rings. The van der Waals surface area contributed by atoms with Crippen LogP contribution in [0.4, 0.5) is 0 Å². The largest absolute Gasteiger partial charge is 0.480 e. The number of thioether (sulfide) groups is 1. The van der Waals surface area contributed by atoms with Crippen LogP contribution in [-0.2, 0) is 9.59 Å². The number of carbonyl (C=O) groups excluding carboxylic acids is 2. The van der Waals surface area contributed by atoms with Crippen LogP contribution in [0.3, 0.4) is 0 Å². The highest BCUT2D eigenvalue weighted by atomic mass is 35.5. The summed E-state index contributed by atoms with van der Waals surface area (Å²) < 4.78 is -0.655. The third kappa shape index (κ3) is 2.69. The summed E-state index contributed by atoms with van der Waals surface area (Å²) in [6.07, 6.45) is 0. The highest BCUT2D eigenvalue weighted by Gasteiger charge is 2.70. The smallest absolute Gasteiger partial charge is 0.327 e. The summed E-state index contributed by atoms with van der Waals surface area (Å²) >= 11 is 13.1. The van der Waals surface area contributed by atoms with Crippen molar-refractivity contribution in [2.75, 3.05) is 0 Å². The zero-order chi connectivity index (χ0) is 18.7. The molecule has 0 saturated carbocycles. The van der Waals surface area contributed by atoms with Gasteiger partial charge >= 0.3 is 5.97 Å². The molecule has 0 radical (unpaired) electrons. The summed E-state index contributed by atoms with van der Waals surface area (Å²) in [5, 5.41) is 12.3. The predicted octanol–water partition coefficient (Wildman–Crippen LogP) is 2.63. The van der Waals surface area contributed by atoms with E-state index in [4.69, 9.17) is 23.2 Å². The average Bonchev–Trinajstić information content (AvgIpc) is 2.79. The average molecular weight is 403 g/mol. The number of carboxylic acids is 1. The molecule has 0 bridgehead atoms. The van der Waals surface area contributed by atoms with E-state index < -0.39 is 39.5 Å². The quantitative estimate of drug-likeness (QED) is 0.758. The maximum atomic E-state index is 12.6. The molecule has 2 amide bonds. The standard InChI is InChI=1S/C16H16Cl2N2O4S/c1-15(2)10(12(22)23)20-13(24)16(3,14(20)25-15)19-11(21)7-4-5-8(17)9(18)6-7/h4-6,10,14H,1-3H3,(H,19,21)(H,22,23)/t10-,14+,16-/m0/s1. The van der Waals surface area contributed by atoms with Crippen molar-refractivity contribution in [3.05, 3.63) is 33.8 Å². The van der Waals surface area contributed by atoms with E-state index in [1.54, 1.807) is 20.8 Å². The molecule has 134 valence electrons. The lowest BCUT2D eigenvalue weighted by atomic mass is 9.86. The van der Waals surface area contributed by atoms with Gasteiger partial charge < -0.3 is 15.3 Å². The van der Waals surface area contributed by atoms with Crippen LogP contribution in [0.15, 0.2) is 18.2 Å². The second-order valence-corrected chi connectivity index (χ2v) is 9.36. The lowest BCUT2D eigenvalue weighted by Gasteiger charge is -2.51. The number of carbonyl (C=O) groups is 3. The first-order chi connectivity index (χ1) is 11.5. The number of nitrogens with one attached hydrogen (secondary N) is 1. The zero-order valence-corrected chi connectivity index (χ0v) is 16.0. The van der Waals surface area contributed by atoms with E-state index in [0.717, 1.165) is 0 Å². The van der Waals surface area contributed by atoms with Crippen LogP contribution in [0.2, 0.25) is 10.0 Å². The van der Waals surface area contributed by atoms with Gasteiger partial charge in [-0.15, -0.1) is 11.8 Å². The first kappa shape index (κ1) is 18.4. The molecule has 2 saturated heterocycles. The molecule has 2 aliphatic heterocycles. The normalized spacial score (nSPS) is 29.8. The molecule has 0 aliphatic carbocycles. The first-order valence-corrected chi connectivity index (χ1v) is 9.13. The molecule has 9 heteroatoms. The predicted molar refractivity (Wildman–Crippen MR) is 96.1 cm³/mol.